The summed E-state index contributed by atoms with van der Waals surface area (Å²) in [4.78, 5) is 46.1. The fourth-order valence-corrected chi connectivity index (χ4v) is 10.6. The maximum Gasteiger partial charge on any atom is 0.155 e. The minimum Gasteiger partial charge on any atom is -0.512 e. The van der Waals surface area contributed by atoms with Crippen molar-refractivity contribution >= 4 is 81.6 Å². The Kier molecular flexibility index (Phi) is 26.1. The van der Waals surface area contributed by atoms with Crippen molar-refractivity contribution in [2.45, 2.75) is 13.8 Å². The molecule has 5 heterocycles. The molecule has 0 saturated heterocycles. The van der Waals surface area contributed by atoms with Crippen molar-refractivity contribution in [3.8, 4) is 56.7 Å². The van der Waals surface area contributed by atoms with Gasteiger partial charge in [-0.25, -0.2) is 0 Å². The second-order valence-corrected chi connectivity index (χ2v) is 21.6. The predicted molar refractivity (Wildman–Crippen MR) is 386 cm³/mol. The molecule has 1 N–H and O–H groups in total. The van der Waals surface area contributed by atoms with E-state index in [9.17, 15) is 4.79 Å². The van der Waals surface area contributed by atoms with Crippen LogP contribution in [0.25, 0.3) is 132 Å². The van der Waals surface area contributed by atoms with Gasteiger partial charge in [0, 0.05) is 114 Å². The molecular weight excluding hydrogens is 1740 g/mol. The summed E-state index contributed by atoms with van der Waals surface area (Å²) in [5.74, 6) is 2.09. The van der Waals surface area contributed by atoms with E-state index in [0.29, 0.717) is 17.5 Å². The largest absolute Gasteiger partial charge is 0.512 e. The standard InChI is InChI=1S/3C18H11N2.C15H10N.C11H8N.C5H8O2.3Ir/c3*1-2-7-14(8-3-1)18-19-12-16-15-9-5-4-6-13(15)10-11-17(16)20-18;1-2-7-13(8-3-1)15-14-9-5-4-6-12(14)10-11-16-15;1-2-6-10(7-3-1)11-8-4-5-9-12-11;1-4(6)3-5(2)7;;;/h3*1-7,9-12H;1-7,9-11H;1-6,8-9H;3,6H,1-2H3;;;/q5*-1;;;;. The zero-order valence-electron chi connectivity index (χ0n) is 53.0. The molecule has 13 heteroatoms. The number of hydrogen-bond acceptors (Lipinski definition) is 10. The molecule has 10 nitrogen and oxygen atoms in total. The number of aromatic nitrogens is 8. The fourth-order valence-electron chi connectivity index (χ4n) is 10.6. The van der Waals surface area contributed by atoms with Crippen molar-refractivity contribution in [3.63, 3.8) is 0 Å². The maximum absolute atomic E-state index is 10.0. The Morgan fingerprint density at radius 1 is 0.316 bits per heavy atom. The number of carbonyl (C=O) groups is 1. The number of fused-ring (bicyclic) bond motifs is 10. The molecule has 3 radical (unpaired) electrons. The first-order chi connectivity index (χ1) is 46.8. The van der Waals surface area contributed by atoms with Crippen molar-refractivity contribution in [1.82, 2.24) is 39.9 Å². The number of ketones is 1. The van der Waals surface area contributed by atoms with Crippen LogP contribution in [0.4, 0.5) is 0 Å². The van der Waals surface area contributed by atoms with Gasteiger partial charge in [0.25, 0.3) is 0 Å². The Bertz CT molecular complexity index is 5020. The average Bonchev–Trinajstić information content (AvgIpc) is 0.801. The summed E-state index contributed by atoms with van der Waals surface area (Å²) < 4.78 is 0. The van der Waals surface area contributed by atoms with E-state index in [1.54, 1.807) is 6.20 Å². The van der Waals surface area contributed by atoms with Gasteiger partial charge in [0.1, 0.15) is 0 Å². The quantitative estimate of drug-likeness (QED) is 0.0740. The van der Waals surface area contributed by atoms with Crippen LogP contribution in [0.1, 0.15) is 13.8 Å². The van der Waals surface area contributed by atoms with Crippen LogP contribution in [0.15, 0.2) is 322 Å². The number of benzene rings is 12. The third-order valence-electron chi connectivity index (χ3n) is 15.0. The third-order valence-corrected chi connectivity index (χ3v) is 15.0. The number of pyridine rings is 2. The van der Waals surface area contributed by atoms with Gasteiger partial charge in [0.2, 0.25) is 0 Å². The second-order valence-electron chi connectivity index (χ2n) is 21.6. The van der Waals surface area contributed by atoms with Gasteiger partial charge in [-0.15, -0.1) is 179 Å². The minimum absolute atomic E-state index is 0. The van der Waals surface area contributed by atoms with E-state index >= 15 is 0 Å². The Balaban J connectivity index is 0.000000140. The summed E-state index contributed by atoms with van der Waals surface area (Å²) in [7, 11) is 0. The van der Waals surface area contributed by atoms with Gasteiger partial charge in [0.05, 0.1) is 39.8 Å². The molecule has 483 valence electrons. The topological polar surface area (TPSA) is 140 Å². The molecule has 0 amide bonds. The molecule has 0 atom stereocenters. The molecule has 5 aromatic heterocycles. The van der Waals surface area contributed by atoms with Crippen LogP contribution in [0.5, 0.6) is 0 Å². The molecule has 0 aliphatic carbocycles. The van der Waals surface area contributed by atoms with E-state index in [2.05, 4.69) is 137 Å². The Morgan fingerprint density at radius 3 is 0.990 bits per heavy atom. The van der Waals surface area contributed by atoms with Gasteiger partial charge >= 0.3 is 0 Å². The van der Waals surface area contributed by atoms with Gasteiger partial charge in [-0.05, 0) is 98.7 Å². The van der Waals surface area contributed by atoms with Gasteiger partial charge < -0.3 is 15.1 Å². The number of aliphatic hydroxyl groups excluding tert-OH is 1. The Morgan fingerprint density at radius 2 is 0.653 bits per heavy atom. The zero-order chi connectivity index (χ0) is 65.0. The van der Waals surface area contributed by atoms with E-state index < -0.39 is 0 Å². The first-order valence-electron chi connectivity index (χ1n) is 30.7. The van der Waals surface area contributed by atoms with E-state index in [4.69, 9.17) is 5.11 Å². The predicted octanol–water partition coefficient (Wildman–Crippen LogP) is 20.0. The number of carbonyl (C=O) groups excluding carboxylic acids is 1. The van der Waals surface area contributed by atoms with Gasteiger partial charge in [-0.3, -0.25) is 34.7 Å². The number of rotatable bonds is 6. The number of aliphatic hydroxyl groups is 1. The van der Waals surface area contributed by atoms with E-state index in [0.717, 1.165) is 71.9 Å². The summed E-state index contributed by atoms with van der Waals surface area (Å²) in [5, 5.41) is 21.2. The molecule has 0 bridgehead atoms. The van der Waals surface area contributed by atoms with E-state index in [1.165, 1.54) is 63.0 Å². The van der Waals surface area contributed by atoms with Crippen LogP contribution in [0.2, 0.25) is 0 Å². The molecule has 0 aliphatic heterocycles. The summed E-state index contributed by atoms with van der Waals surface area (Å²) in [6.45, 7) is 2.85. The first-order valence-corrected chi connectivity index (χ1v) is 30.7. The van der Waals surface area contributed by atoms with Crippen molar-refractivity contribution in [2.75, 3.05) is 0 Å². The fraction of sp³-hybridized carbons (Fsp3) is 0.0235. The molecule has 17 aromatic rings. The monoisotopic (exact) mass is 1800 g/mol. The second kappa shape index (κ2) is 35.8. The number of hydrogen-bond donors (Lipinski definition) is 1. The van der Waals surface area contributed by atoms with E-state index in [-0.39, 0.29) is 71.9 Å². The molecular formula is C85H59Ir3N8O2-5. The van der Waals surface area contributed by atoms with Crippen LogP contribution >= 0.6 is 0 Å². The van der Waals surface area contributed by atoms with Crippen LogP contribution in [0.3, 0.4) is 0 Å². The number of allylic oxidation sites excluding steroid dienone is 2. The maximum atomic E-state index is 10.0. The molecule has 98 heavy (non-hydrogen) atoms. The Hall–Kier alpha value is -10.8. The first kappa shape index (κ1) is 71.5. The van der Waals surface area contributed by atoms with Crippen molar-refractivity contribution in [1.29, 1.82) is 0 Å². The number of nitrogens with zero attached hydrogens (tertiary/aromatic N) is 8. The van der Waals surface area contributed by atoms with Crippen molar-refractivity contribution in [3.05, 3.63) is 352 Å². The smallest absolute Gasteiger partial charge is 0.155 e. The molecule has 0 fully saturated rings. The molecule has 0 aliphatic rings. The van der Waals surface area contributed by atoms with Crippen LogP contribution in [-0.2, 0) is 65.1 Å². The summed E-state index contributed by atoms with van der Waals surface area (Å²) in [6, 6.07) is 108. The Labute approximate surface area is 609 Å². The normalized spacial score (nSPS) is 10.4. The zero-order valence-corrected chi connectivity index (χ0v) is 60.1. The van der Waals surface area contributed by atoms with Crippen LogP contribution in [0, 0.1) is 30.3 Å². The molecule has 0 spiro atoms. The van der Waals surface area contributed by atoms with Gasteiger partial charge in [-0.1, -0.05) is 127 Å². The van der Waals surface area contributed by atoms with Crippen molar-refractivity contribution in [2.24, 2.45) is 0 Å². The van der Waals surface area contributed by atoms with Crippen molar-refractivity contribution < 1.29 is 70.2 Å². The van der Waals surface area contributed by atoms with Crippen LogP contribution < -0.4 is 0 Å². The summed E-state index contributed by atoms with van der Waals surface area (Å²) in [6.07, 6.45) is 10.5. The molecule has 0 saturated carbocycles. The van der Waals surface area contributed by atoms with Crippen LogP contribution in [-0.4, -0.2) is 50.8 Å². The summed E-state index contributed by atoms with van der Waals surface area (Å²) >= 11 is 0. The third kappa shape index (κ3) is 18.4. The average molecular weight is 1800 g/mol. The molecule has 0 unspecified atom stereocenters. The molecule has 17 rings (SSSR count). The summed E-state index contributed by atoms with van der Waals surface area (Å²) in [5.41, 5.74) is 9.70. The SMILES string of the molecule is CC(=O)C=C(C)O.[Ir].[Ir].[Ir].[c-]1ccccc1-c1ccccn1.[c-]1ccccc1-c1ncc2c(ccc3ccccc32)n1.[c-]1ccccc1-c1ncc2c(ccc3ccccc32)n1.[c-]1ccccc1-c1ncc2c(ccc3ccccc32)n1.[c-]1ccccc1-c1nccc2ccccc12. The molecule has 12 aromatic carbocycles. The van der Waals surface area contributed by atoms with Gasteiger partial charge in [-0.2, -0.15) is 0 Å². The minimum atomic E-state index is -0.125. The van der Waals surface area contributed by atoms with Gasteiger partial charge in [0.15, 0.2) is 5.78 Å². The van der Waals surface area contributed by atoms with E-state index in [1.807, 2.05) is 237 Å².